The molecule has 1 fully saturated rings. The molecule has 0 aromatic heterocycles. The van der Waals surface area contributed by atoms with Crippen LogP contribution in [0.2, 0.25) is 0 Å². The number of anilines is 1. The summed E-state index contributed by atoms with van der Waals surface area (Å²) in [6.07, 6.45) is 3.51. The van der Waals surface area contributed by atoms with Crippen molar-refractivity contribution in [3.8, 4) is 17.2 Å². The van der Waals surface area contributed by atoms with Gasteiger partial charge in [-0.15, -0.1) is 0 Å². The quantitative estimate of drug-likeness (QED) is 0.858. The van der Waals surface area contributed by atoms with Crippen LogP contribution in [-0.2, 0) is 10.2 Å². The van der Waals surface area contributed by atoms with E-state index in [4.69, 9.17) is 5.26 Å². The lowest BCUT2D eigenvalue weighted by Gasteiger charge is -2.32. The van der Waals surface area contributed by atoms with Crippen LogP contribution in [0.3, 0.4) is 0 Å². The number of Topliss-reactive ketones (excluding diaryl/α,β-unsaturated/α-hetero) is 1. The number of hydrogen-bond donors (Lipinski definition) is 1. The van der Waals surface area contributed by atoms with Crippen molar-refractivity contribution >= 4 is 11.5 Å². The van der Waals surface area contributed by atoms with Gasteiger partial charge in [-0.3, -0.25) is 4.79 Å². The maximum atomic E-state index is 13.8. The molecule has 4 heteroatoms. The second-order valence-corrected chi connectivity index (χ2v) is 6.67. The molecule has 2 aromatic rings. The average molecular weight is 320 g/mol. The number of nitrogens with zero attached hydrogens (tertiary/aromatic N) is 1. The molecule has 1 heterocycles. The fourth-order valence-corrected chi connectivity index (χ4v) is 4.00. The monoisotopic (exact) mass is 320 g/mol. The van der Waals surface area contributed by atoms with Crippen molar-refractivity contribution in [1.82, 2.24) is 0 Å². The average Bonchev–Trinajstić information content (AvgIpc) is 2.96. The Morgan fingerprint density at radius 1 is 1.12 bits per heavy atom. The SMILES string of the molecule is N#Cc1cc(F)cc(-c2ccc3c(c2)C2(CCCCC2=O)CN3)c1. The van der Waals surface area contributed by atoms with E-state index >= 15 is 0 Å². The Bertz CT molecular complexity index is 880. The molecule has 0 saturated heterocycles. The summed E-state index contributed by atoms with van der Waals surface area (Å²) in [5.41, 5.74) is 3.38. The molecule has 0 amide bonds. The highest BCUT2D eigenvalue weighted by Gasteiger charge is 2.46. The van der Waals surface area contributed by atoms with Crippen molar-refractivity contribution in [2.24, 2.45) is 0 Å². The first kappa shape index (κ1) is 14.9. The molecule has 1 aliphatic carbocycles. The van der Waals surface area contributed by atoms with Gasteiger partial charge in [-0.25, -0.2) is 4.39 Å². The summed E-state index contributed by atoms with van der Waals surface area (Å²) in [5, 5.41) is 12.4. The maximum Gasteiger partial charge on any atom is 0.145 e. The normalized spacial score (nSPS) is 22.1. The lowest BCUT2D eigenvalue weighted by atomic mass is 9.69. The van der Waals surface area contributed by atoms with Crippen LogP contribution in [0.15, 0.2) is 36.4 Å². The van der Waals surface area contributed by atoms with Crippen LogP contribution in [0.4, 0.5) is 10.1 Å². The van der Waals surface area contributed by atoms with E-state index in [2.05, 4.69) is 5.32 Å². The molecule has 3 nitrogen and oxygen atoms in total. The Labute approximate surface area is 140 Å². The number of carbonyl (C=O) groups excluding carboxylic acids is 1. The van der Waals surface area contributed by atoms with Crippen LogP contribution in [-0.4, -0.2) is 12.3 Å². The maximum absolute atomic E-state index is 13.8. The van der Waals surface area contributed by atoms with Crippen molar-refractivity contribution in [3.05, 3.63) is 53.3 Å². The third-order valence-electron chi connectivity index (χ3n) is 5.27. The minimum absolute atomic E-state index is 0.298. The number of fused-ring (bicyclic) bond motifs is 2. The van der Waals surface area contributed by atoms with Gasteiger partial charge in [0, 0.05) is 18.7 Å². The molecule has 1 atom stereocenters. The summed E-state index contributed by atoms with van der Waals surface area (Å²) in [4.78, 5) is 12.6. The fraction of sp³-hybridized carbons (Fsp3) is 0.300. The van der Waals surface area contributed by atoms with Crippen molar-refractivity contribution in [1.29, 1.82) is 5.26 Å². The molecule has 1 spiro atoms. The van der Waals surface area contributed by atoms with E-state index in [1.165, 1.54) is 12.1 Å². The molecule has 24 heavy (non-hydrogen) atoms. The predicted octanol–water partition coefficient (Wildman–Crippen LogP) is 4.17. The third kappa shape index (κ3) is 2.20. The molecule has 1 N–H and O–H groups in total. The summed E-state index contributed by atoms with van der Waals surface area (Å²) in [7, 11) is 0. The molecule has 4 rings (SSSR count). The molecular weight excluding hydrogens is 303 g/mol. The molecule has 1 unspecified atom stereocenters. The largest absolute Gasteiger partial charge is 0.383 e. The highest BCUT2D eigenvalue weighted by atomic mass is 19.1. The van der Waals surface area contributed by atoms with Gasteiger partial charge in [0.1, 0.15) is 11.6 Å². The molecular formula is C20H17FN2O. The van der Waals surface area contributed by atoms with Gasteiger partial charge in [0.05, 0.1) is 17.0 Å². The van der Waals surface area contributed by atoms with Crippen molar-refractivity contribution in [3.63, 3.8) is 0 Å². The number of nitriles is 1. The van der Waals surface area contributed by atoms with Crippen LogP contribution in [0.25, 0.3) is 11.1 Å². The van der Waals surface area contributed by atoms with Gasteiger partial charge >= 0.3 is 0 Å². The number of halogens is 1. The molecule has 0 bridgehead atoms. The summed E-state index contributed by atoms with van der Waals surface area (Å²) in [6, 6.07) is 12.2. The Morgan fingerprint density at radius 3 is 2.79 bits per heavy atom. The number of benzene rings is 2. The van der Waals surface area contributed by atoms with Crippen LogP contribution in [0.5, 0.6) is 0 Å². The molecule has 1 aliphatic heterocycles. The number of nitrogens with one attached hydrogen (secondary N) is 1. The van der Waals surface area contributed by atoms with Crippen molar-refractivity contribution in [2.45, 2.75) is 31.1 Å². The molecule has 1 saturated carbocycles. The first-order valence-electron chi connectivity index (χ1n) is 8.25. The lowest BCUT2D eigenvalue weighted by Crippen LogP contribution is -2.40. The van der Waals surface area contributed by atoms with E-state index in [0.29, 0.717) is 29.9 Å². The van der Waals surface area contributed by atoms with Crippen LogP contribution in [0, 0.1) is 17.1 Å². The van der Waals surface area contributed by atoms with Gasteiger partial charge in [-0.1, -0.05) is 12.5 Å². The molecule has 0 radical (unpaired) electrons. The van der Waals surface area contributed by atoms with Crippen molar-refractivity contribution < 1.29 is 9.18 Å². The molecule has 2 aliphatic rings. The van der Waals surface area contributed by atoms with Gasteiger partial charge in [-0.05, 0) is 59.9 Å². The van der Waals surface area contributed by atoms with E-state index in [0.717, 1.165) is 36.1 Å². The summed E-state index contributed by atoms with van der Waals surface area (Å²) >= 11 is 0. The Balaban J connectivity index is 1.83. The first-order valence-corrected chi connectivity index (χ1v) is 8.25. The predicted molar refractivity (Wildman–Crippen MR) is 90.2 cm³/mol. The zero-order chi connectivity index (χ0) is 16.7. The van der Waals surface area contributed by atoms with Gasteiger partial charge in [0.15, 0.2) is 0 Å². The minimum Gasteiger partial charge on any atom is -0.383 e. The Morgan fingerprint density at radius 2 is 2.00 bits per heavy atom. The van der Waals surface area contributed by atoms with Crippen LogP contribution < -0.4 is 5.32 Å². The lowest BCUT2D eigenvalue weighted by molar-refractivity contribution is -0.125. The van der Waals surface area contributed by atoms with E-state index < -0.39 is 11.2 Å². The number of carbonyl (C=O) groups is 1. The van der Waals surface area contributed by atoms with Crippen LogP contribution >= 0.6 is 0 Å². The molecule has 120 valence electrons. The summed E-state index contributed by atoms with van der Waals surface area (Å²) < 4.78 is 13.8. The number of ketones is 1. The first-order chi connectivity index (χ1) is 11.6. The van der Waals surface area contributed by atoms with E-state index in [1.807, 2.05) is 24.3 Å². The van der Waals surface area contributed by atoms with Gasteiger partial charge in [-0.2, -0.15) is 5.26 Å². The summed E-state index contributed by atoms with van der Waals surface area (Å²) in [6.45, 7) is 0.650. The molecule has 2 aromatic carbocycles. The zero-order valence-electron chi connectivity index (χ0n) is 13.2. The standard InChI is InChI=1S/C20H17FN2O/c21-16-8-13(11-22)7-15(9-16)14-4-5-18-17(10-14)20(12-23-18)6-2-1-3-19(20)24/h4-5,7-10,23H,1-3,6,12H2. The minimum atomic E-state index is -0.436. The van der Waals surface area contributed by atoms with E-state index in [-0.39, 0.29) is 0 Å². The van der Waals surface area contributed by atoms with Gasteiger partial charge in [0.25, 0.3) is 0 Å². The third-order valence-corrected chi connectivity index (χ3v) is 5.27. The number of hydrogen-bond acceptors (Lipinski definition) is 3. The highest BCUT2D eigenvalue weighted by molar-refractivity contribution is 5.95. The highest BCUT2D eigenvalue weighted by Crippen LogP contribution is 2.45. The zero-order valence-corrected chi connectivity index (χ0v) is 13.2. The Hall–Kier alpha value is -2.67. The van der Waals surface area contributed by atoms with Gasteiger partial charge < -0.3 is 5.32 Å². The number of rotatable bonds is 1. The van der Waals surface area contributed by atoms with Crippen LogP contribution in [0.1, 0.15) is 36.8 Å². The fourth-order valence-electron chi connectivity index (χ4n) is 4.00. The van der Waals surface area contributed by atoms with Crippen molar-refractivity contribution in [2.75, 3.05) is 11.9 Å². The summed E-state index contributed by atoms with van der Waals surface area (Å²) in [5.74, 6) is -0.125. The van der Waals surface area contributed by atoms with E-state index in [9.17, 15) is 9.18 Å². The topological polar surface area (TPSA) is 52.9 Å². The second-order valence-electron chi connectivity index (χ2n) is 6.67. The smallest absolute Gasteiger partial charge is 0.145 e. The van der Waals surface area contributed by atoms with Gasteiger partial charge in [0.2, 0.25) is 0 Å². The Kier molecular flexibility index (Phi) is 3.38. The second kappa shape index (κ2) is 5.45. The van der Waals surface area contributed by atoms with E-state index in [1.54, 1.807) is 6.07 Å².